The standard InChI is InChI=1S/C12H16FNO/c1-12(2,11(15)14(3)4)9-6-5-7-10(13)8-9/h5-8H,1-4H3. The van der Waals surface area contributed by atoms with Gasteiger partial charge in [-0.15, -0.1) is 0 Å². The van der Waals surface area contributed by atoms with Crippen molar-refractivity contribution in [1.29, 1.82) is 0 Å². The van der Waals surface area contributed by atoms with Gasteiger partial charge in [0.15, 0.2) is 0 Å². The average Bonchev–Trinajstić information content (AvgIpc) is 2.16. The van der Waals surface area contributed by atoms with E-state index in [0.717, 1.165) is 0 Å². The van der Waals surface area contributed by atoms with E-state index in [1.54, 1.807) is 40.1 Å². The van der Waals surface area contributed by atoms with Crippen LogP contribution in [0.5, 0.6) is 0 Å². The van der Waals surface area contributed by atoms with Crippen molar-refractivity contribution < 1.29 is 9.18 Å². The average molecular weight is 209 g/mol. The minimum Gasteiger partial charge on any atom is -0.348 e. The highest BCUT2D eigenvalue weighted by atomic mass is 19.1. The minimum absolute atomic E-state index is 0.0342. The van der Waals surface area contributed by atoms with Gasteiger partial charge in [0.1, 0.15) is 5.82 Å². The van der Waals surface area contributed by atoms with Gasteiger partial charge in [0, 0.05) is 14.1 Å². The maximum atomic E-state index is 13.0. The molecule has 0 aliphatic rings. The van der Waals surface area contributed by atoms with E-state index in [1.807, 2.05) is 0 Å². The first-order valence-electron chi connectivity index (χ1n) is 4.83. The predicted molar refractivity (Wildman–Crippen MR) is 58.1 cm³/mol. The zero-order valence-electron chi connectivity index (χ0n) is 9.54. The lowest BCUT2D eigenvalue weighted by Crippen LogP contribution is -2.39. The third-order valence-electron chi connectivity index (χ3n) is 2.49. The Morgan fingerprint density at radius 3 is 2.40 bits per heavy atom. The van der Waals surface area contributed by atoms with Crippen LogP contribution < -0.4 is 0 Å². The van der Waals surface area contributed by atoms with Crippen LogP contribution in [0.1, 0.15) is 19.4 Å². The second-order valence-corrected chi connectivity index (χ2v) is 4.33. The summed E-state index contributed by atoms with van der Waals surface area (Å²) in [5, 5.41) is 0. The Balaban J connectivity index is 3.10. The van der Waals surface area contributed by atoms with Gasteiger partial charge in [0.25, 0.3) is 0 Å². The van der Waals surface area contributed by atoms with E-state index >= 15 is 0 Å². The van der Waals surface area contributed by atoms with E-state index in [9.17, 15) is 9.18 Å². The Kier molecular flexibility index (Phi) is 3.12. The molecule has 1 aromatic rings. The quantitative estimate of drug-likeness (QED) is 0.731. The molecule has 3 heteroatoms. The fourth-order valence-corrected chi connectivity index (χ4v) is 1.56. The van der Waals surface area contributed by atoms with Crippen LogP contribution in [0.3, 0.4) is 0 Å². The Morgan fingerprint density at radius 2 is 1.93 bits per heavy atom. The third kappa shape index (κ3) is 2.35. The summed E-state index contributed by atoms with van der Waals surface area (Å²) in [6.07, 6.45) is 0. The molecule has 0 aromatic heterocycles. The van der Waals surface area contributed by atoms with E-state index in [0.29, 0.717) is 5.56 Å². The van der Waals surface area contributed by atoms with Crippen molar-refractivity contribution >= 4 is 5.91 Å². The molecule has 0 spiro atoms. The van der Waals surface area contributed by atoms with E-state index < -0.39 is 5.41 Å². The number of hydrogen-bond donors (Lipinski definition) is 0. The van der Waals surface area contributed by atoms with Gasteiger partial charge in [-0.2, -0.15) is 0 Å². The van der Waals surface area contributed by atoms with Gasteiger partial charge in [-0.3, -0.25) is 4.79 Å². The summed E-state index contributed by atoms with van der Waals surface area (Å²) in [6, 6.07) is 6.17. The fourth-order valence-electron chi connectivity index (χ4n) is 1.56. The number of carbonyl (C=O) groups is 1. The lowest BCUT2D eigenvalue weighted by molar-refractivity contribution is -0.133. The van der Waals surface area contributed by atoms with Crippen LogP contribution in [0.4, 0.5) is 4.39 Å². The number of nitrogens with zero attached hydrogens (tertiary/aromatic N) is 1. The summed E-state index contributed by atoms with van der Waals surface area (Å²) in [5.41, 5.74) is 0.00667. The molecular formula is C12H16FNO. The Morgan fingerprint density at radius 1 is 1.33 bits per heavy atom. The molecule has 82 valence electrons. The molecule has 0 heterocycles. The smallest absolute Gasteiger partial charge is 0.232 e. The van der Waals surface area contributed by atoms with Gasteiger partial charge in [-0.25, -0.2) is 4.39 Å². The molecule has 0 aliphatic carbocycles. The van der Waals surface area contributed by atoms with Gasteiger partial charge in [-0.05, 0) is 31.5 Å². The fraction of sp³-hybridized carbons (Fsp3) is 0.417. The van der Waals surface area contributed by atoms with Gasteiger partial charge >= 0.3 is 0 Å². The summed E-state index contributed by atoms with van der Waals surface area (Å²) < 4.78 is 13.0. The number of likely N-dealkylation sites (N-methyl/N-ethyl adjacent to an activating group) is 1. The number of halogens is 1. The molecule has 0 fully saturated rings. The molecule has 0 saturated heterocycles. The van der Waals surface area contributed by atoms with Gasteiger partial charge in [-0.1, -0.05) is 12.1 Å². The lowest BCUT2D eigenvalue weighted by atomic mass is 9.83. The molecule has 1 rings (SSSR count). The highest BCUT2D eigenvalue weighted by Gasteiger charge is 2.31. The van der Waals surface area contributed by atoms with E-state index in [-0.39, 0.29) is 11.7 Å². The predicted octanol–water partition coefficient (Wildman–Crippen LogP) is 2.19. The second kappa shape index (κ2) is 4.01. The Bertz CT molecular complexity index is 372. The number of hydrogen-bond acceptors (Lipinski definition) is 1. The van der Waals surface area contributed by atoms with Gasteiger partial charge in [0.05, 0.1) is 5.41 Å². The van der Waals surface area contributed by atoms with Crippen molar-refractivity contribution in [2.24, 2.45) is 0 Å². The molecule has 0 saturated carbocycles. The van der Waals surface area contributed by atoms with Crippen molar-refractivity contribution in [1.82, 2.24) is 4.90 Å². The van der Waals surface area contributed by atoms with Gasteiger partial charge < -0.3 is 4.90 Å². The molecule has 0 radical (unpaired) electrons. The zero-order valence-corrected chi connectivity index (χ0v) is 9.54. The molecule has 0 unspecified atom stereocenters. The summed E-state index contributed by atoms with van der Waals surface area (Å²) in [4.78, 5) is 13.4. The highest BCUT2D eigenvalue weighted by Crippen LogP contribution is 2.25. The lowest BCUT2D eigenvalue weighted by Gasteiger charge is -2.27. The largest absolute Gasteiger partial charge is 0.348 e. The number of rotatable bonds is 2. The van der Waals surface area contributed by atoms with Crippen molar-refractivity contribution in [2.45, 2.75) is 19.3 Å². The molecule has 15 heavy (non-hydrogen) atoms. The number of benzene rings is 1. The monoisotopic (exact) mass is 209 g/mol. The Labute approximate surface area is 89.7 Å². The molecule has 1 aromatic carbocycles. The summed E-state index contributed by atoms with van der Waals surface area (Å²) >= 11 is 0. The van der Waals surface area contributed by atoms with Crippen molar-refractivity contribution in [3.63, 3.8) is 0 Å². The van der Waals surface area contributed by atoms with E-state index in [2.05, 4.69) is 0 Å². The molecule has 1 amide bonds. The van der Waals surface area contributed by atoms with Crippen molar-refractivity contribution in [2.75, 3.05) is 14.1 Å². The summed E-state index contributed by atoms with van der Waals surface area (Å²) in [6.45, 7) is 3.59. The Hall–Kier alpha value is -1.38. The third-order valence-corrected chi connectivity index (χ3v) is 2.49. The normalized spacial score (nSPS) is 11.3. The molecule has 2 nitrogen and oxygen atoms in total. The SMILES string of the molecule is CN(C)C(=O)C(C)(C)c1cccc(F)c1. The van der Waals surface area contributed by atoms with Crippen LogP contribution in [-0.4, -0.2) is 24.9 Å². The molecular weight excluding hydrogens is 193 g/mol. The van der Waals surface area contributed by atoms with Crippen LogP contribution in [0, 0.1) is 5.82 Å². The molecule has 0 bridgehead atoms. The van der Waals surface area contributed by atoms with Crippen LogP contribution in [0.25, 0.3) is 0 Å². The molecule has 0 atom stereocenters. The first kappa shape index (κ1) is 11.7. The zero-order chi connectivity index (χ0) is 11.6. The van der Waals surface area contributed by atoms with E-state index in [4.69, 9.17) is 0 Å². The first-order chi connectivity index (χ1) is 6.85. The topological polar surface area (TPSA) is 20.3 Å². The van der Waals surface area contributed by atoms with Crippen molar-refractivity contribution in [3.8, 4) is 0 Å². The number of carbonyl (C=O) groups excluding carboxylic acids is 1. The van der Waals surface area contributed by atoms with Crippen molar-refractivity contribution in [3.05, 3.63) is 35.6 Å². The first-order valence-corrected chi connectivity index (χ1v) is 4.83. The summed E-state index contributed by atoms with van der Waals surface area (Å²) in [7, 11) is 3.40. The maximum Gasteiger partial charge on any atom is 0.232 e. The van der Waals surface area contributed by atoms with Crippen LogP contribution in [0.2, 0.25) is 0 Å². The molecule has 0 N–H and O–H groups in total. The summed E-state index contributed by atoms with van der Waals surface area (Å²) in [5.74, 6) is -0.347. The van der Waals surface area contributed by atoms with Gasteiger partial charge in [0.2, 0.25) is 5.91 Å². The second-order valence-electron chi connectivity index (χ2n) is 4.33. The van der Waals surface area contributed by atoms with E-state index in [1.165, 1.54) is 17.0 Å². The highest BCUT2D eigenvalue weighted by molar-refractivity contribution is 5.86. The number of amides is 1. The molecule has 0 aliphatic heterocycles. The maximum absolute atomic E-state index is 13.0. The van der Waals surface area contributed by atoms with Crippen LogP contribution in [-0.2, 0) is 10.2 Å². The van der Waals surface area contributed by atoms with Crippen LogP contribution in [0.15, 0.2) is 24.3 Å². The minimum atomic E-state index is -0.689. The van der Waals surface area contributed by atoms with Crippen LogP contribution >= 0.6 is 0 Å².